The summed E-state index contributed by atoms with van der Waals surface area (Å²) >= 11 is 1.75. The van der Waals surface area contributed by atoms with E-state index in [1.54, 1.807) is 11.3 Å². The number of thiophene rings is 1. The third kappa shape index (κ3) is 5.89. The minimum absolute atomic E-state index is 0. The van der Waals surface area contributed by atoms with Gasteiger partial charge < -0.3 is 9.13 Å². The zero-order chi connectivity index (χ0) is 26.6. The topological polar surface area (TPSA) is 7.76 Å². The van der Waals surface area contributed by atoms with Gasteiger partial charge in [0.1, 0.15) is 0 Å². The molecule has 0 saturated heterocycles. The molecule has 39 heavy (non-hydrogen) atoms. The Kier molecular flexibility index (Phi) is 8.83. The molecular formula is C35H30IrN2S-2. The standard InChI is InChI=1S/C21H16NS.C14H14N.Ir/c1-15-8-9-17(16-6-4-3-5-7-16)14-19(15)21-18-11-13-23-20(18)10-12-22(21)2;1-11-7-4-5-9-13(11)14-10-6-8-12(2)15(14)3;/h3-14H,1-2H2;4-10H,1,3H2,2H3;/q2*-1;. The van der Waals surface area contributed by atoms with Crippen molar-refractivity contribution in [3.63, 3.8) is 0 Å². The molecule has 3 aromatic heterocycles. The van der Waals surface area contributed by atoms with E-state index >= 15 is 0 Å². The van der Waals surface area contributed by atoms with E-state index in [2.05, 4.69) is 100 Å². The first kappa shape index (κ1) is 28.1. The number of pyridine rings is 2. The number of benzene rings is 3. The van der Waals surface area contributed by atoms with Gasteiger partial charge in [0.25, 0.3) is 0 Å². The molecule has 3 heterocycles. The van der Waals surface area contributed by atoms with E-state index in [-0.39, 0.29) is 20.1 Å². The van der Waals surface area contributed by atoms with Crippen LogP contribution in [0.1, 0.15) is 16.8 Å². The van der Waals surface area contributed by atoms with Crippen LogP contribution in [0.3, 0.4) is 0 Å². The maximum absolute atomic E-state index is 4.23. The zero-order valence-corrected chi connectivity index (χ0v) is 25.1. The number of hydrogen-bond acceptors (Lipinski definition) is 1. The molecule has 197 valence electrons. The van der Waals surface area contributed by atoms with Crippen LogP contribution in [-0.2, 0) is 20.1 Å². The van der Waals surface area contributed by atoms with Gasteiger partial charge in [-0.2, -0.15) is 37.1 Å². The summed E-state index contributed by atoms with van der Waals surface area (Å²) in [5.74, 6) is 0. The van der Waals surface area contributed by atoms with E-state index in [0.717, 1.165) is 39.3 Å². The molecular weight excluding hydrogens is 673 g/mol. The van der Waals surface area contributed by atoms with Crippen LogP contribution in [0.25, 0.3) is 43.7 Å². The number of aromatic nitrogens is 2. The van der Waals surface area contributed by atoms with Crippen molar-refractivity contribution in [3.05, 3.63) is 159 Å². The predicted octanol–water partition coefficient (Wildman–Crippen LogP) is 8.11. The minimum Gasteiger partial charge on any atom is -0.343 e. The van der Waals surface area contributed by atoms with Gasteiger partial charge in [0.05, 0.1) is 23.3 Å². The first-order chi connectivity index (χ1) is 18.4. The summed E-state index contributed by atoms with van der Waals surface area (Å²) in [6.07, 6.45) is 2.02. The van der Waals surface area contributed by atoms with Gasteiger partial charge in [-0.3, -0.25) is 0 Å². The fourth-order valence-corrected chi connectivity index (χ4v) is 5.38. The molecule has 0 aliphatic heterocycles. The van der Waals surface area contributed by atoms with Crippen molar-refractivity contribution < 1.29 is 29.2 Å². The molecule has 0 aliphatic carbocycles. The van der Waals surface area contributed by atoms with Gasteiger partial charge in [0.2, 0.25) is 0 Å². The fraction of sp³-hybridized carbons (Fsp3) is 0.0286. The molecule has 0 saturated carbocycles. The fourth-order valence-electron chi connectivity index (χ4n) is 4.59. The summed E-state index contributed by atoms with van der Waals surface area (Å²) < 4.78 is 5.14. The van der Waals surface area contributed by atoms with Gasteiger partial charge >= 0.3 is 0 Å². The smallest absolute Gasteiger partial charge is 0.0782 e. The second-order valence-electron chi connectivity index (χ2n) is 9.21. The number of rotatable bonds is 3. The molecule has 0 fully saturated rings. The van der Waals surface area contributed by atoms with Crippen LogP contribution in [0.5, 0.6) is 0 Å². The number of hydrogen-bond donors (Lipinski definition) is 0. The number of fused-ring (bicyclic) bond motifs is 1. The molecule has 0 unspecified atom stereocenters. The van der Waals surface area contributed by atoms with Crippen molar-refractivity contribution >= 4 is 21.4 Å². The average Bonchev–Trinajstić information content (AvgIpc) is 3.41. The van der Waals surface area contributed by atoms with Crippen LogP contribution < -0.4 is 9.13 Å². The Bertz CT molecular complexity index is 1720. The maximum Gasteiger partial charge on any atom is 0.0782 e. The van der Waals surface area contributed by atoms with Crippen molar-refractivity contribution in [2.75, 3.05) is 0 Å². The summed E-state index contributed by atoms with van der Waals surface area (Å²) in [5, 5.41) is 3.35. The van der Waals surface area contributed by atoms with Gasteiger partial charge in [-0.25, -0.2) is 0 Å². The molecule has 6 rings (SSSR count). The van der Waals surface area contributed by atoms with E-state index in [0.29, 0.717) is 0 Å². The van der Waals surface area contributed by atoms with Crippen molar-refractivity contribution in [1.82, 2.24) is 0 Å². The van der Waals surface area contributed by atoms with Gasteiger partial charge in [0, 0.05) is 38.9 Å². The van der Waals surface area contributed by atoms with Crippen molar-refractivity contribution in [2.45, 2.75) is 6.92 Å². The summed E-state index contributed by atoms with van der Waals surface area (Å²) in [6.45, 7) is 10.3. The van der Waals surface area contributed by atoms with Crippen LogP contribution in [-0.4, -0.2) is 0 Å². The largest absolute Gasteiger partial charge is 0.343 e. The van der Waals surface area contributed by atoms with E-state index in [9.17, 15) is 0 Å². The van der Waals surface area contributed by atoms with E-state index in [1.807, 2.05) is 58.7 Å². The molecule has 0 bridgehead atoms. The molecule has 0 atom stereocenters. The van der Waals surface area contributed by atoms with Crippen LogP contribution in [0.15, 0.2) is 115 Å². The molecule has 2 nitrogen and oxygen atoms in total. The van der Waals surface area contributed by atoms with E-state index in [4.69, 9.17) is 0 Å². The van der Waals surface area contributed by atoms with Gasteiger partial charge in [-0.1, -0.05) is 60.7 Å². The maximum atomic E-state index is 4.23. The van der Waals surface area contributed by atoms with Crippen molar-refractivity contribution in [3.8, 4) is 33.6 Å². The van der Waals surface area contributed by atoms with Gasteiger partial charge in [-0.15, -0.1) is 46.7 Å². The van der Waals surface area contributed by atoms with Gasteiger partial charge in [0.15, 0.2) is 0 Å². The second kappa shape index (κ2) is 12.3. The van der Waals surface area contributed by atoms with Crippen molar-refractivity contribution in [2.24, 2.45) is 0 Å². The summed E-state index contributed by atoms with van der Waals surface area (Å²) in [4.78, 5) is 0. The summed E-state index contributed by atoms with van der Waals surface area (Å²) in [6, 6.07) is 35.4. The normalized spacial score (nSPS) is 10.4. The third-order valence-electron chi connectivity index (χ3n) is 6.72. The Labute approximate surface area is 249 Å². The second-order valence-corrected chi connectivity index (χ2v) is 10.2. The van der Waals surface area contributed by atoms with Crippen LogP contribution in [0, 0.1) is 34.9 Å². The summed E-state index contributed by atoms with van der Waals surface area (Å²) in [5.41, 5.74) is 10.1. The molecule has 3 aromatic carbocycles. The molecule has 6 aromatic rings. The molecule has 0 spiro atoms. The minimum atomic E-state index is 0. The molecule has 0 N–H and O–H groups in total. The molecule has 0 aliphatic rings. The molecule has 0 amide bonds. The summed E-state index contributed by atoms with van der Waals surface area (Å²) in [7, 11) is 8.19. The number of aryl methyl sites for hydroxylation is 1. The third-order valence-corrected chi connectivity index (χ3v) is 7.60. The Morgan fingerprint density at radius 3 is 2.15 bits per heavy atom. The quantitative estimate of drug-likeness (QED) is 0.130. The monoisotopic (exact) mass is 703 g/mol. The SMILES string of the molecule is [CH2-]c1ccc(-c2ccccc2)cc1-c1c2ccsc2cc[n+]1[CH2-].[CH2-]c1ccccc1-c1cccc(C)[n+]1[CH2-].[Ir]. The van der Waals surface area contributed by atoms with E-state index in [1.165, 1.54) is 21.2 Å². The zero-order valence-electron chi connectivity index (χ0n) is 21.9. The average molecular weight is 703 g/mol. The predicted molar refractivity (Wildman–Crippen MR) is 160 cm³/mol. The van der Waals surface area contributed by atoms with Crippen LogP contribution >= 0.6 is 11.3 Å². The van der Waals surface area contributed by atoms with Crippen LogP contribution in [0.4, 0.5) is 0 Å². The van der Waals surface area contributed by atoms with E-state index < -0.39 is 0 Å². The van der Waals surface area contributed by atoms with Crippen molar-refractivity contribution in [1.29, 1.82) is 0 Å². The first-order valence-corrected chi connectivity index (χ1v) is 13.3. The van der Waals surface area contributed by atoms with Crippen LogP contribution in [0.2, 0.25) is 0 Å². The number of nitrogens with zero attached hydrogens (tertiary/aromatic N) is 2. The van der Waals surface area contributed by atoms with Gasteiger partial charge in [-0.05, 0) is 34.9 Å². The first-order valence-electron chi connectivity index (χ1n) is 12.4. The Hall–Kier alpha value is -3.95. The Morgan fingerprint density at radius 1 is 0.667 bits per heavy atom. The Morgan fingerprint density at radius 2 is 1.38 bits per heavy atom. The Balaban J connectivity index is 0.000000192. The molecule has 1 radical (unpaired) electrons. The molecule has 4 heteroatoms.